The number of benzene rings is 4. The molecule has 0 fully saturated rings. The van der Waals surface area contributed by atoms with Gasteiger partial charge in [0.25, 0.3) is 0 Å². The molecule has 0 N–H and O–H groups in total. The summed E-state index contributed by atoms with van der Waals surface area (Å²) in [4.78, 5) is 0. The first-order chi connectivity index (χ1) is 13.9. The van der Waals surface area contributed by atoms with Crippen molar-refractivity contribution in [2.75, 3.05) is 0 Å². The average Bonchev–Trinajstić information content (AvgIpc) is 2.65. The molecular weight excluding hydrogens is 348 g/mol. The molecule has 0 heterocycles. The summed E-state index contributed by atoms with van der Waals surface area (Å²) in [5.74, 6) is 0.224. The highest BCUT2D eigenvalue weighted by Gasteiger charge is 2.25. The number of aryl methyl sites for hydroxylation is 6. The summed E-state index contributed by atoms with van der Waals surface area (Å²) >= 11 is 0. The van der Waals surface area contributed by atoms with E-state index in [0.29, 0.717) is 0 Å². The van der Waals surface area contributed by atoms with Crippen LogP contribution < -0.4 is 0 Å². The molecule has 0 aromatic heterocycles. The van der Waals surface area contributed by atoms with E-state index in [0.717, 1.165) is 0 Å². The first-order valence-electron chi connectivity index (χ1n) is 10.5. The van der Waals surface area contributed by atoms with E-state index in [4.69, 9.17) is 0 Å². The summed E-state index contributed by atoms with van der Waals surface area (Å²) in [6.07, 6.45) is 0. The fourth-order valence-corrected chi connectivity index (χ4v) is 5.25. The van der Waals surface area contributed by atoms with Crippen LogP contribution in [0.2, 0.25) is 0 Å². The van der Waals surface area contributed by atoms with E-state index in [1.54, 1.807) is 0 Å². The van der Waals surface area contributed by atoms with Crippen molar-refractivity contribution in [2.45, 2.75) is 47.5 Å². The van der Waals surface area contributed by atoms with Crippen LogP contribution in [0.1, 0.15) is 56.0 Å². The van der Waals surface area contributed by atoms with Crippen LogP contribution in [0.25, 0.3) is 10.8 Å². The third kappa shape index (κ3) is 3.49. The first-order valence-corrected chi connectivity index (χ1v) is 10.5. The molecule has 0 spiro atoms. The predicted molar refractivity (Wildman–Crippen MR) is 126 cm³/mol. The van der Waals surface area contributed by atoms with Gasteiger partial charge in [0.05, 0.1) is 0 Å². The Morgan fingerprint density at radius 3 is 1.48 bits per heavy atom. The van der Waals surface area contributed by atoms with Crippen molar-refractivity contribution in [3.05, 3.63) is 117 Å². The maximum Gasteiger partial charge on any atom is 0.0356 e. The lowest BCUT2D eigenvalue weighted by atomic mass is 9.76. The minimum absolute atomic E-state index is 0.224. The third-order valence-corrected chi connectivity index (χ3v) is 6.19. The summed E-state index contributed by atoms with van der Waals surface area (Å²) in [6, 6.07) is 24.9. The van der Waals surface area contributed by atoms with Crippen LogP contribution in [0.4, 0.5) is 0 Å². The number of hydrogen-bond donors (Lipinski definition) is 0. The first kappa shape index (κ1) is 19.5. The van der Waals surface area contributed by atoms with Gasteiger partial charge in [-0.3, -0.25) is 0 Å². The molecule has 0 bridgehead atoms. The predicted octanol–water partition coefficient (Wildman–Crippen LogP) is 7.87. The molecule has 4 rings (SSSR count). The summed E-state index contributed by atoms with van der Waals surface area (Å²) in [5, 5.41) is 2.65. The fraction of sp³-hybridized carbons (Fsp3) is 0.241. The highest BCUT2D eigenvalue weighted by molar-refractivity contribution is 5.87. The maximum atomic E-state index is 2.33. The van der Waals surface area contributed by atoms with Gasteiger partial charge in [-0.1, -0.05) is 77.9 Å². The Morgan fingerprint density at radius 2 is 0.966 bits per heavy atom. The van der Waals surface area contributed by atoms with Gasteiger partial charge in [-0.25, -0.2) is 0 Å². The smallest absolute Gasteiger partial charge is 0.0356 e. The van der Waals surface area contributed by atoms with Gasteiger partial charge in [0.15, 0.2) is 0 Å². The molecule has 0 amide bonds. The van der Waals surface area contributed by atoms with Gasteiger partial charge in [-0.05, 0) is 91.3 Å². The quantitative estimate of drug-likeness (QED) is 0.318. The molecular formula is C29H30. The summed E-state index contributed by atoms with van der Waals surface area (Å²) in [5.41, 5.74) is 12.5. The van der Waals surface area contributed by atoms with Crippen molar-refractivity contribution in [3.63, 3.8) is 0 Å². The van der Waals surface area contributed by atoms with Crippen molar-refractivity contribution in [1.82, 2.24) is 0 Å². The summed E-state index contributed by atoms with van der Waals surface area (Å²) < 4.78 is 0. The molecule has 0 aliphatic heterocycles. The summed E-state index contributed by atoms with van der Waals surface area (Å²) in [7, 11) is 0. The zero-order valence-corrected chi connectivity index (χ0v) is 18.4. The molecule has 29 heavy (non-hydrogen) atoms. The van der Waals surface area contributed by atoms with Crippen molar-refractivity contribution < 1.29 is 0 Å². The van der Waals surface area contributed by atoms with Gasteiger partial charge in [-0.2, -0.15) is 0 Å². The molecule has 0 aliphatic rings. The molecule has 146 valence electrons. The number of hydrogen-bond acceptors (Lipinski definition) is 0. The van der Waals surface area contributed by atoms with Crippen LogP contribution in [0.15, 0.2) is 66.7 Å². The molecule has 0 unspecified atom stereocenters. The molecule has 0 saturated carbocycles. The van der Waals surface area contributed by atoms with Gasteiger partial charge in [0.2, 0.25) is 0 Å². The molecule has 0 atom stereocenters. The molecule has 0 heteroatoms. The minimum atomic E-state index is 0.224. The van der Waals surface area contributed by atoms with Crippen LogP contribution in [0, 0.1) is 41.5 Å². The topological polar surface area (TPSA) is 0 Å². The number of rotatable bonds is 3. The zero-order valence-electron chi connectivity index (χ0n) is 18.4. The monoisotopic (exact) mass is 378 g/mol. The van der Waals surface area contributed by atoms with Gasteiger partial charge in [0.1, 0.15) is 0 Å². The Balaban J connectivity index is 2.12. The maximum absolute atomic E-state index is 2.33. The van der Waals surface area contributed by atoms with E-state index in [9.17, 15) is 0 Å². The lowest BCUT2D eigenvalue weighted by Gasteiger charge is -2.28. The Bertz CT molecular complexity index is 1100. The van der Waals surface area contributed by atoms with Gasteiger partial charge in [0, 0.05) is 5.92 Å². The van der Waals surface area contributed by atoms with E-state index >= 15 is 0 Å². The normalized spacial score (nSPS) is 11.4. The fourth-order valence-electron chi connectivity index (χ4n) is 5.25. The molecule has 4 aromatic carbocycles. The third-order valence-electron chi connectivity index (χ3n) is 6.19. The van der Waals surface area contributed by atoms with Gasteiger partial charge >= 0.3 is 0 Å². The Labute approximate surface area is 175 Å². The molecule has 0 saturated heterocycles. The van der Waals surface area contributed by atoms with E-state index in [-0.39, 0.29) is 5.92 Å². The van der Waals surface area contributed by atoms with E-state index in [2.05, 4.69) is 108 Å². The van der Waals surface area contributed by atoms with Crippen LogP contribution >= 0.6 is 0 Å². The Kier molecular flexibility index (Phi) is 5.04. The molecule has 0 radical (unpaired) electrons. The van der Waals surface area contributed by atoms with Crippen LogP contribution in [0.3, 0.4) is 0 Å². The van der Waals surface area contributed by atoms with Crippen molar-refractivity contribution >= 4 is 10.8 Å². The van der Waals surface area contributed by atoms with Crippen molar-refractivity contribution in [1.29, 1.82) is 0 Å². The number of fused-ring (bicyclic) bond motifs is 1. The second kappa shape index (κ2) is 7.52. The van der Waals surface area contributed by atoms with E-state index < -0.39 is 0 Å². The molecule has 4 aromatic rings. The Hall–Kier alpha value is -2.86. The van der Waals surface area contributed by atoms with Gasteiger partial charge < -0.3 is 0 Å². The largest absolute Gasteiger partial charge is 0.0616 e. The van der Waals surface area contributed by atoms with E-state index in [1.807, 2.05) is 0 Å². The van der Waals surface area contributed by atoms with Gasteiger partial charge in [-0.15, -0.1) is 0 Å². The van der Waals surface area contributed by atoms with Crippen LogP contribution in [-0.4, -0.2) is 0 Å². The zero-order chi connectivity index (χ0) is 20.7. The lowest BCUT2D eigenvalue weighted by Crippen LogP contribution is -2.12. The average molecular weight is 379 g/mol. The SMILES string of the molecule is Cc1cc(C)c(C(c2c(C)cc(C)cc2C)c2cccc3ccccc23)c(C)c1. The summed E-state index contributed by atoms with van der Waals surface area (Å²) in [6.45, 7) is 13.5. The lowest BCUT2D eigenvalue weighted by molar-refractivity contribution is 0.928. The highest BCUT2D eigenvalue weighted by atomic mass is 14.3. The minimum Gasteiger partial charge on any atom is -0.0616 e. The second-order valence-electron chi connectivity index (χ2n) is 8.63. The van der Waals surface area contributed by atoms with Crippen LogP contribution in [-0.2, 0) is 0 Å². The standard InChI is InChI=1S/C29H30/c1-18-14-20(3)27(21(4)15-18)29(28-22(5)16-19(2)17-23(28)6)26-13-9-11-24-10-7-8-12-25(24)26/h7-17,29H,1-6H3. The molecule has 0 aliphatic carbocycles. The van der Waals surface area contributed by atoms with Crippen LogP contribution in [0.5, 0.6) is 0 Å². The second-order valence-corrected chi connectivity index (χ2v) is 8.63. The highest BCUT2D eigenvalue weighted by Crippen LogP contribution is 2.42. The Morgan fingerprint density at radius 1 is 0.517 bits per heavy atom. The van der Waals surface area contributed by atoms with Crippen molar-refractivity contribution in [3.8, 4) is 0 Å². The van der Waals surface area contributed by atoms with Crippen molar-refractivity contribution in [2.24, 2.45) is 0 Å². The molecule has 0 nitrogen and oxygen atoms in total. The van der Waals surface area contributed by atoms with E-state index in [1.165, 1.54) is 60.8 Å².